The third-order valence-corrected chi connectivity index (χ3v) is 9.19. The zero-order valence-corrected chi connectivity index (χ0v) is 28.6. The molecule has 0 saturated heterocycles. The fraction of sp³-hybridized carbons (Fsp3) is 0.256. The molecule has 6 heteroatoms. The summed E-state index contributed by atoms with van der Waals surface area (Å²) in [7, 11) is 3.57. The van der Waals surface area contributed by atoms with Gasteiger partial charge in [0.05, 0.1) is 25.3 Å². The first-order chi connectivity index (χ1) is 24.1. The van der Waals surface area contributed by atoms with E-state index < -0.39 is 0 Å². The molecule has 0 radical (unpaired) electrons. The Labute approximate surface area is 291 Å². The van der Waals surface area contributed by atoms with Gasteiger partial charge in [-0.25, -0.2) is 4.99 Å². The SMILES string of the molecule is COC(=O)CC1c2ccccc2N=C(N(C)CCCCCN(Cc2ccccc2)Cc2ccccc2)N1c1ccc(-c2ccccc2)cc1. The number of ether oxygens (including phenoxy) is 1. The minimum atomic E-state index is -0.245. The zero-order chi connectivity index (χ0) is 33.8. The number of hydrogen-bond acceptors (Lipinski definition) is 6. The molecule has 6 rings (SSSR count). The molecule has 0 fully saturated rings. The van der Waals surface area contributed by atoms with Crippen molar-refractivity contribution in [3.05, 3.63) is 156 Å². The van der Waals surface area contributed by atoms with Crippen molar-refractivity contribution in [1.82, 2.24) is 9.80 Å². The van der Waals surface area contributed by atoms with Crippen LogP contribution in [0.5, 0.6) is 0 Å². The molecule has 1 atom stereocenters. The van der Waals surface area contributed by atoms with Crippen LogP contribution in [0.15, 0.2) is 145 Å². The lowest BCUT2D eigenvalue weighted by molar-refractivity contribution is -0.141. The Morgan fingerprint density at radius 3 is 1.86 bits per heavy atom. The number of anilines is 1. The molecule has 5 aromatic rings. The van der Waals surface area contributed by atoms with Gasteiger partial charge in [-0.2, -0.15) is 0 Å². The molecule has 250 valence electrons. The summed E-state index contributed by atoms with van der Waals surface area (Å²) in [5.74, 6) is 0.597. The molecule has 1 heterocycles. The quantitative estimate of drug-likeness (QED) is 0.0886. The summed E-state index contributed by atoms with van der Waals surface area (Å²) < 4.78 is 5.19. The molecular formula is C43H46N4O2. The average Bonchev–Trinajstić information content (AvgIpc) is 3.15. The van der Waals surface area contributed by atoms with Crippen LogP contribution >= 0.6 is 0 Å². The van der Waals surface area contributed by atoms with E-state index in [0.717, 1.165) is 73.9 Å². The molecule has 6 nitrogen and oxygen atoms in total. The number of nitrogens with zero attached hydrogens (tertiary/aromatic N) is 4. The van der Waals surface area contributed by atoms with Crippen LogP contribution in [0.2, 0.25) is 0 Å². The molecule has 0 saturated carbocycles. The summed E-state index contributed by atoms with van der Waals surface area (Å²) in [6.45, 7) is 3.75. The van der Waals surface area contributed by atoms with Crippen LogP contribution in [0.1, 0.15) is 48.4 Å². The standard InChI is InChI=1S/C43H46N4O2/c1-45(29-15-6-16-30-46(32-34-17-7-3-8-18-34)33-35-19-9-4-10-20-35)43-44-40-24-14-13-23-39(40)41(31-42(48)49-2)47(43)38-27-25-37(26-28-38)36-21-11-5-12-22-36/h3-5,7-14,17-28,41H,6,15-16,29-33H2,1-2H3. The first-order valence-electron chi connectivity index (χ1n) is 17.3. The first-order valence-corrected chi connectivity index (χ1v) is 17.3. The van der Waals surface area contributed by atoms with Crippen molar-refractivity contribution in [2.45, 2.75) is 44.8 Å². The largest absolute Gasteiger partial charge is 0.469 e. The van der Waals surface area contributed by atoms with Crippen LogP contribution < -0.4 is 4.90 Å². The van der Waals surface area contributed by atoms with Gasteiger partial charge in [-0.3, -0.25) is 9.69 Å². The summed E-state index contributed by atoms with van der Waals surface area (Å²) in [6.07, 6.45) is 3.47. The molecule has 0 aromatic heterocycles. The van der Waals surface area contributed by atoms with Gasteiger partial charge in [-0.15, -0.1) is 0 Å². The van der Waals surface area contributed by atoms with Gasteiger partial charge in [0, 0.05) is 37.9 Å². The Bertz CT molecular complexity index is 1750. The van der Waals surface area contributed by atoms with Crippen molar-refractivity contribution in [3.63, 3.8) is 0 Å². The maximum absolute atomic E-state index is 12.8. The van der Waals surface area contributed by atoms with Gasteiger partial charge in [0.25, 0.3) is 0 Å². The second-order valence-electron chi connectivity index (χ2n) is 12.7. The lowest BCUT2D eigenvalue weighted by Crippen LogP contribution is -2.47. The van der Waals surface area contributed by atoms with Crippen molar-refractivity contribution in [1.29, 1.82) is 0 Å². The van der Waals surface area contributed by atoms with E-state index in [1.807, 2.05) is 24.3 Å². The van der Waals surface area contributed by atoms with Crippen molar-refractivity contribution in [3.8, 4) is 11.1 Å². The molecule has 0 amide bonds. The molecule has 0 spiro atoms. The Morgan fingerprint density at radius 1 is 0.673 bits per heavy atom. The number of carbonyl (C=O) groups is 1. The molecule has 5 aromatic carbocycles. The smallest absolute Gasteiger partial charge is 0.307 e. The summed E-state index contributed by atoms with van der Waals surface area (Å²) in [6, 6.07) is 48.3. The number of rotatable bonds is 14. The number of benzene rings is 5. The van der Waals surface area contributed by atoms with E-state index in [2.05, 4.69) is 137 Å². The van der Waals surface area contributed by atoms with E-state index >= 15 is 0 Å². The van der Waals surface area contributed by atoms with Crippen molar-refractivity contribution in [2.24, 2.45) is 4.99 Å². The molecule has 1 aliphatic heterocycles. The van der Waals surface area contributed by atoms with E-state index in [-0.39, 0.29) is 18.4 Å². The van der Waals surface area contributed by atoms with Crippen molar-refractivity contribution < 1.29 is 9.53 Å². The molecule has 1 unspecified atom stereocenters. The van der Waals surface area contributed by atoms with Crippen LogP contribution in [0, 0.1) is 0 Å². The monoisotopic (exact) mass is 650 g/mol. The van der Waals surface area contributed by atoms with E-state index in [0.29, 0.717) is 0 Å². The van der Waals surface area contributed by atoms with Gasteiger partial charge >= 0.3 is 5.97 Å². The second-order valence-corrected chi connectivity index (χ2v) is 12.7. The van der Waals surface area contributed by atoms with Gasteiger partial charge in [-0.1, -0.05) is 128 Å². The summed E-state index contributed by atoms with van der Waals surface area (Å²) in [5.41, 5.74) is 7.90. The Balaban J connectivity index is 1.17. The Hall–Kier alpha value is -5.20. The second kappa shape index (κ2) is 16.8. The maximum atomic E-state index is 12.8. The number of esters is 1. The normalized spacial score (nSPS) is 13.9. The van der Waals surface area contributed by atoms with Crippen molar-refractivity contribution in [2.75, 3.05) is 32.1 Å². The average molecular weight is 651 g/mol. The molecule has 0 N–H and O–H groups in total. The molecule has 0 bridgehead atoms. The number of hydrogen-bond donors (Lipinski definition) is 0. The van der Waals surface area contributed by atoms with Gasteiger partial charge in [-0.05, 0) is 59.8 Å². The van der Waals surface area contributed by atoms with Crippen LogP contribution in [0.25, 0.3) is 11.1 Å². The minimum absolute atomic E-state index is 0.222. The summed E-state index contributed by atoms with van der Waals surface area (Å²) in [4.78, 5) is 25.0. The first kappa shape index (κ1) is 33.7. The third kappa shape index (κ3) is 8.84. The summed E-state index contributed by atoms with van der Waals surface area (Å²) in [5, 5.41) is 0. The fourth-order valence-electron chi connectivity index (χ4n) is 6.62. The highest BCUT2D eigenvalue weighted by atomic mass is 16.5. The van der Waals surface area contributed by atoms with E-state index in [1.54, 1.807) is 0 Å². The molecule has 1 aliphatic rings. The highest BCUT2D eigenvalue weighted by Crippen LogP contribution is 2.41. The lowest BCUT2D eigenvalue weighted by Gasteiger charge is -2.41. The summed E-state index contributed by atoms with van der Waals surface area (Å²) >= 11 is 0. The van der Waals surface area contributed by atoms with E-state index in [1.165, 1.54) is 23.8 Å². The van der Waals surface area contributed by atoms with Crippen LogP contribution in [0.3, 0.4) is 0 Å². The molecular weight excluding hydrogens is 604 g/mol. The minimum Gasteiger partial charge on any atom is -0.469 e. The van der Waals surface area contributed by atoms with E-state index in [4.69, 9.17) is 9.73 Å². The third-order valence-electron chi connectivity index (χ3n) is 9.19. The predicted molar refractivity (Wildman–Crippen MR) is 201 cm³/mol. The van der Waals surface area contributed by atoms with Gasteiger partial charge in [0.2, 0.25) is 5.96 Å². The number of unbranched alkanes of at least 4 members (excludes halogenated alkanes) is 2. The van der Waals surface area contributed by atoms with Crippen LogP contribution in [-0.2, 0) is 22.6 Å². The number of methoxy groups -OCH3 is 1. The Kier molecular flexibility index (Phi) is 11.5. The number of para-hydroxylation sites is 1. The molecule has 49 heavy (non-hydrogen) atoms. The topological polar surface area (TPSA) is 48.4 Å². The highest BCUT2D eigenvalue weighted by Gasteiger charge is 2.34. The maximum Gasteiger partial charge on any atom is 0.307 e. The number of carbonyl (C=O) groups excluding carboxylic acids is 1. The van der Waals surface area contributed by atoms with Crippen LogP contribution in [0.4, 0.5) is 11.4 Å². The lowest BCUT2D eigenvalue weighted by atomic mass is 9.97. The van der Waals surface area contributed by atoms with Gasteiger partial charge in [0.15, 0.2) is 0 Å². The number of guanidine groups is 1. The van der Waals surface area contributed by atoms with Gasteiger partial charge in [0.1, 0.15) is 0 Å². The number of fused-ring (bicyclic) bond motifs is 1. The predicted octanol–water partition coefficient (Wildman–Crippen LogP) is 9.27. The van der Waals surface area contributed by atoms with Crippen molar-refractivity contribution >= 4 is 23.3 Å². The Morgan fingerprint density at radius 2 is 1.22 bits per heavy atom. The van der Waals surface area contributed by atoms with Gasteiger partial charge < -0.3 is 14.5 Å². The fourth-order valence-corrected chi connectivity index (χ4v) is 6.62. The number of aliphatic imine (C=N–C) groups is 1. The highest BCUT2D eigenvalue weighted by molar-refractivity contribution is 6.01. The van der Waals surface area contributed by atoms with E-state index in [9.17, 15) is 4.79 Å². The van der Waals surface area contributed by atoms with Crippen LogP contribution in [-0.4, -0.2) is 49.0 Å². The zero-order valence-electron chi connectivity index (χ0n) is 28.6. The molecule has 0 aliphatic carbocycles.